The van der Waals surface area contributed by atoms with Crippen LogP contribution in [0.2, 0.25) is 0 Å². The third-order valence-corrected chi connectivity index (χ3v) is 3.87. The van der Waals surface area contributed by atoms with E-state index in [0.717, 1.165) is 16.3 Å². The fraction of sp³-hybridized carbons (Fsp3) is 0.118. The number of rotatable bonds is 5. The Kier molecular flexibility index (Phi) is 4.63. The van der Waals surface area contributed by atoms with Crippen molar-refractivity contribution >= 4 is 22.4 Å². The largest absolute Gasteiger partial charge is 0.489 e. The lowest BCUT2D eigenvalue weighted by Crippen LogP contribution is -2.11. The second-order valence-corrected chi connectivity index (χ2v) is 6.06. The smallest absolute Gasteiger partial charge is 0.257 e. The first-order chi connectivity index (χ1) is 11.2. The molecule has 0 spiro atoms. The molecule has 23 heavy (non-hydrogen) atoms. The predicted octanol–water partition coefficient (Wildman–Crippen LogP) is 3.68. The zero-order valence-electron chi connectivity index (χ0n) is 12.5. The van der Waals surface area contributed by atoms with Crippen molar-refractivity contribution in [3.05, 3.63) is 70.7 Å². The van der Waals surface area contributed by atoms with Gasteiger partial charge < -0.3 is 4.74 Å². The number of benzene rings is 2. The van der Waals surface area contributed by atoms with Crippen LogP contribution < -0.4 is 10.1 Å². The first-order valence-electron chi connectivity index (χ1n) is 7.09. The molecular weight excluding hydrogens is 310 g/mol. The van der Waals surface area contributed by atoms with Gasteiger partial charge in [-0.15, -0.1) is 10.2 Å². The maximum absolute atomic E-state index is 12.1. The van der Waals surface area contributed by atoms with Gasteiger partial charge in [-0.25, -0.2) is 0 Å². The Morgan fingerprint density at radius 2 is 1.83 bits per heavy atom. The standard InChI is InChI=1S/C17H15N3O2S/c1-12-19-20-17(23-12)18-16(21)14-7-9-15(10-8-14)22-11-13-5-3-2-4-6-13/h2-10H,11H2,1H3,(H,18,20,21). The summed E-state index contributed by atoms with van der Waals surface area (Å²) in [6.07, 6.45) is 0. The number of ether oxygens (including phenoxy) is 1. The molecule has 3 aromatic rings. The Morgan fingerprint density at radius 1 is 1.09 bits per heavy atom. The van der Waals surface area contributed by atoms with Gasteiger partial charge in [0.1, 0.15) is 17.4 Å². The van der Waals surface area contributed by atoms with Gasteiger partial charge in [-0.2, -0.15) is 0 Å². The molecule has 0 aliphatic carbocycles. The number of amides is 1. The molecule has 116 valence electrons. The fourth-order valence-corrected chi connectivity index (χ4v) is 2.55. The summed E-state index contributed by atoms with van der Waals surface area (Å²) in [6, 6.07) is 16.9. The zero-order chi connectivity index (χ0) is 16.1. The summed E-state index contributed by atoms with van der Waals surface area (Å²) in [5, 5.41) is 11.8. The summed E-state index contributed by atoms with van der Waals surface area (Å²) in [7, 11) is 0. The highest BCUT2D eigenvalue weighted by Gasteiger charge is 2.09. The van der Waals surface area contributed by atoms with Gasteiger partial charge >= 0.3 is 0 Å². The molecule has 3 rings (SSSR count). The van der Waals surface area contributed by atoms with Crippen molar-refractivity contribution in [3.8, 4) is 5.75 Å². The van der Waals surface area contributed by atoms with Gasteiger partial charge in [-0.1, -0.05) is 41.7 Å². The van der Waals surface area contributed by atoms with E-state index in [1.165, 1.54) is 11.3 Å². The number of nitrogens with one attached hydrogen (secondary N) is 1. The van der Waals surface area contributed by atoms with Crippen LogP contribution >= 0.6 is 11.3 Å². The van der Waals surface area contributed by atoms with Gasteiger partial charge in [0.25, 0.3) is 5.91 Å². The molecule has 1 heterocycles. The SMILES string of the molecule is Cc1nnc(NC(=O)c2ccc(OCc3ccccc3)cc2)s1. The molecule has 1 aromatic heterocycles. The first-order valence-corrected chi connectivity index (χ1v) is 7.90. The summed E-state index contributed by atoms with van der Waals surface area (Å²) in [4.78, 5) is 12.1. The molecule has 0 bridgehead atoms. The maximum atomic E-state index is 12.1. The average molecular weight is 325 g/mol. The lowest BCUT2D eigenvalue weighted by molar-refractivity contribution is 0.102. The summed E-state index contributed by atoms with van der Waals surface area (Å²) >= 11 is 1.34. The van der Waals surface area contributed by atoms with Crippen LogP contribution in [0.15, 0.2) is 54.6 Å². The molecule has 0 radical (unpaired) electrons. The molecule has 0 aliphatic heterocycles. The summed E-state index contributed by atoms with van der Waals surface area (Å²) in [5.74, 6) is 0.507. The number of aryl methyl sites for hydroxylation is 1. The van der Waals surface area contributed by atoms with Crippen molar-refractivity contribution in [1.82, 2.24) is 10.2 Å². The van der Waals surface area contributed by atoms with E-state index in [-0.39, 0.29) is 5.91 Å². The fourth-order valence-electron chi connectivity index (χ4n) is 1.96. The summed E-state index contributed by atoms with van der Waals surface area (Å²) in [6.45, 7) is 2.34. The molecule has 0 saturated heterocycles. The topological polar surface area (TPSA) is 64.1 Å². The van der Waals surface area contributed by atoms with Crippen molar-refractivity contribution in [2.24, 2.45) is 0 Å². The van der Waals surface area contributed by atoms with E-state index in [4.69, 9.17) is 4.74 Å². The third kappa shape index (κ3) is 4.14. The number of carbonyl (C=O) groups is 1. The van der Waals surface area contributed by atoms with Crippen LogP contribution in [0.5, 0.6) is 5.75 Å². The maximum Gasteiger partial charge on any atom is 0.257 e. The van der Waals surface area contributed by atoms with Crippen LogP contribution in [-0.2, 0) is 6.61 Å². The highest BCUT2D eigenvalue weighted by molar-refractivity contribution is 7.15. The van der Waals surface area contributed by atoms with E-state index in [2.05, 4.69) is 15.5 Å². The lowest BCUT2D eigenvalue weighted by atomic mass is 10.2. The molecular formula is C17H15N3O2S. The molecule has 1 amide bonds. The summed E-state index contributed by atoms with van der Waals surface area (Å²) < 4.78 is 5.70. The average Bonchev–Trinajstić information content (AvgIpc) is 2.99. The van der Waals surface area contributed by atoms with Gasteiger partial charge in [0.15, 0.2) is 0 Å². The molecule has 0 aliphatic rings. The zero-order valence-corrected chi connectivity index (χ0v) is 13.3. The van der Waals surface area contributed by atoms with Crippen LogP contribution in [0.4, 0.5) is 5.13 Å². The van der Waals surface area contributed by atoms with Crippen molar-refractivity contribution in [1.29, 1.82) is 0 Å². The Hall–Kier alpha value is -2.73. The van der Waals surface area contributed by atoms with Gasteiger partial charge in [0.2, 0.25) is 5.13 Å². The minimum atomic E-state index is -0.212. The van der Waals surface area contributed by atoms with E-state index in [9.17, 15) is 4.79 Å². The van der Waals surface area contributed by atoms with Gasteiger partial charge in [-0.05, 0) is 36.8 Å². The minimum absolute atomic E-state index is 0.212. The van der Waals surface area contributed by atoms with Crippen LogP contribution in [0, 0.1) is 6.92 Å². The second kappa shape index (κ2) is 7.02. The number of anilines is 1. The molecule has 0 unspecified atom stereocenters. The van der Waals surface area contributed by atoms with Crippen LogP contribution in [-0.4, -0.2) is 16.1 Å². The molecule has 0 atom stereocenters. The third-order valence-electron chi connectivity index (χ3n) is 3.11. The monoisotopic (exact) mass is 325 g/mol. The number of aromatic nitrogens is 2. The van der Waals surface area contributed by atoms with E-state index in [0.29, 0.717) is 17.3 Å². The quantitative estimate of drug-likeness (QED) is 0.777. The molecule has 0 fully saturated rings. The number of hydrogen-bond acceptors (Lipinski definition) is 5. The molecule has 6 heteroatoms. The Bertz CT molecular complexity index is 785. The number of carbonyl (C=O) groups excluding carboxylic acids is 1. The second-order valence-electron chi connectivity index (χ2n) is 4.88. The van der Waals surface area contributed by atoms with Crippen LogP contribution in [0.25, 0.3) is 0 Å². The Balaban J connectivity index is 1.59. The van der Waals surface area contributed by atoms with E-state index < -0.39 is 0 Å². The highest BCUT2D eigenvalue weighted by Crippen LogP contribution is 2.17. The number of nitrogens with zero attached hydrogens (tertiary/aromatic N) is 2. The van der Waals surface area contributed by atoms with Crippen LogP contribution in [0.3, 0.4) is 0 Å². The van der Waals surface area contributed by atoms with Crippen molar-refractivity contribution in [2.45, 2.75) is 13.5 Å². The van der Waals surface area contributed by atoms with Gasteiger partial charge in [0.05, 0.1) is 0 Å². The molecule has 5 nitrogen and oxygen atoms in total. The van der Waals surface area contributed by atoms with Gasteiger partial charge in [0, 0.05) is 5.56 Å². The minimum Gasteiger partial charge on any atom is -0.489 e. The van der Waals surface area contributed by atoms with E-state index >= 15 is 0 Å². The highest BCUT2D eigenvalue weighted by atomic mass is 32.1. The predicted molar refractivity (Wildman–Crippen MR) is 89.8 cm³/mol. The van der Waals surface area contributed by atoms with Crippen molar-refractivity contribution < 1.29 is 9.53 Å². The lowest BCUT2D eigenvalue weighted by Gasteiger charge is -2.07. The van der Waals surface area contributed by atoms with Crippen molar-refractivity contribution in [2.75, 3.05) is 5.32 Å². The molecule has 1 N–H and O–H groups in total. The number of hydrogen-bond donors (Lipinski definition) is 1. The normalized spacial score (nSPS) is 10.3. The molecule has 0 saturated carbocycles. The van der Waals surface area contributed by atoms with Gasteiger partial charge in [-0.3, -0.25) is 10.1 Å². The Labute approximate surface area is 138 Å². The van der Waals surface area contributed by atoms with Crippen LogP contribution in [0.1, 0.15) is 20.9 Å². The van der Waals surface area contributed by atoms with E-state index in [1.54, 1.807) is 24.3 Å². The van der Waals surface area contributed by atoms with E-state index in [1.807, 2.05) is 37.3 Å². The Morgan fingerprint density at radius 3 is 2.48 bits per heavy atom. The van der Waals surface area contributed by atoms with Crippen molar-refractivity contribution in [3.63, 3.8) is 0 Å². The summed E-state index contributed by atoms with van der Waals surface area (Å²) in [5.41, 5.74) is 1.64. The first kappa shape index (κ1) is 15.2. The molecule has 2 aromatic carbocycles.